The predicted molar refractivity (Wildman–Crippen MR) is 39.5 cm³/mol. The molecule has 1 rings (SSSR count). The summed E-state index contributed by atoms with van der Waals surface area (Å²) < 4.78 is 12.8. The fourth-order valence-electron chi connectivity index (χ4n) is 0.838. The number of hydrogen-bond acceptors (Lipinski definition) is 2. The van der Waals surface area contributed by atoms with Gasteiger partial charge < -0.3 is 5.11 Å². The number of hydrogen-bond donors (Lipinski definition) is 1. The Hall–Kier alpha value is -1.42. The van der Waals surface area contributed by atoms with Gasteiger partial charge in [0.2, 0.25) is 0 Å². The molecular formula is C8H7FNO2. The molecule has 12 heavy (non-hydrogen) atoms. The van der Waals surface area contributed by atoms with Crippen LogP contribution in [-0.2, 0) is 4.79 Å². The second kappa shape index (κ2) is 3.32. The van der Waals surface area contributed by atoms with E-state index >= 15 is 0 Å². The smallest absolute Gasteiger partial charge is 0.271 e. The molecule has 0 saturated heterocycles. The van der Waals surface area contributed by atoms with E-state index in [1.54, 1.807) is 0 Å². The fraction of sp³-hybridized carbons (Fsp3) is 0.125. The first-order valence-electron chi connectivity index (χ1n) is 3.31. The molecule has 3 nitrogen and oxygen atoms in total. The Morgan fingerprint density at radius 2 is 2.08 bits per heavy atom. The van der Waals surface area contributed by atoms with Crippen molar-refractivity contribution in [2.24, 2.45) is 0 Å². The van der Waals surface area contributed by atoms with E-state index in [9.17, 15) is 9.18 Å². The largest absolute Gasteiger partial charge is 0.378 e. The molecule has 2 N–H and O–H groups in total. The Bertz CT molecular complexity index is 301. The maximum Gasteiger partial charge on any atom is 0.271 e. The van der Waals surface area contributed by atoms with Gasteiger partial charge in [0.05, 0.1) is 0 Å². The molecule has 1 unspecified atom stereocenters. The molecule has 4 heteroatoms. The lowest BCUT2D eigenvalue weighted by molar-refractivity contribution is -0.127. The van der Waals surface area contributed by atoms with Crippen LogP contribution in [0.2, 0.25) is 0 Å². The van der Waals surface area contributed by atoms with Gasteiger partial charge in [-0.15, -0.1) is 0 Å². The molecule has 1 aromatic rings. The van der Waals surface area contributed by atoms with Gasteiger partial charge >= 0.3 is 0 Å². The molecule has 1 atom stereocenters. The van der Waals surface area contributed by atoms with Crippen LogP contribution in [0.15, 0.2) is 24.3 Å². The maximum absolute atomic E-state index is 12.8. The molecule has 1 amide bonds. The van der Waals surface area contributed by atoms with Crippen molar-refractivity contribution in [2.45, 2.75) is 6.10 Å². The van der Waals surface area contributed by atoms with Gasteiger partial charge in [-0.2, -0.15) is 0 Å². The van der Waals surface area contributed by atoms with E-state index in [2.05, 4.69) is 0 Å². The van der Waals surface area contributed by atoms with E-state index < -0.39 is 17.8 Å². The van der Waals surface area contributed by atoms with Crippen molar-refractivity contribution >= 4 is 5.91 Å². The first-order valence-corrected chi connectivity index (χ1v) is 3.31. The number of nitrogens with one attached hydrogen (secondary N) is 1. The summed E-state index contributed by atoms with van der Waals surface area (Å²) in [6.07, 6.45) is -1.67. The van der Waals surface area contributed by atoms with Crippen LogP contribution in [0.1, 0.15) is 11.7 Å². The highest BCUT2D eigenvalue weighted by atomic mass is 19.1. The van der Waals surface area contributed by atoms with E-state index in [4.69, 9.17) is 10.8 Å². The van der Waals surface area contributed by atoms with Crippen LogP contribution in [0.5, 0.6) is 0 Å². The molecule has 0 aromatic heterocycles. The highest BCUT2D eigenvalue weighted by molar-refractivity contribution is 5.79. The molecule has 0 aliphatic carbocycles. The normalized spacial score (nSPS) is 12.5. The van der Waals surface area contributed by atoms with Crippen molar-refractivity contribution in [1.82, 2.24) is 5.73 Å². The third-order valence-corrected chi connectivity index (χ3v) is 1.45. The third kappa shape index (κ3) is 1.60. The molecule has 63 valence electrons. The summed E-state index contributed by atoms with van der Waals surface area (Å²) in [6, 6.07) is 5.33. The van der Waals surface area contributed by atoms with E-state index in [0.717, 1.165) is 6.07 Å². The third-order valence-electron chi connectivity index (χ3n) is 1.45. The fourth-order valence-corrected chi connectivity index (χ4v) is 0.838. The van der Waals surface area contributed by atoms with Gasteiger partial charge in [0.1, 0.15) is 5.82 Å². The van der Waals surface area contributed by atoms with Crippen LogP contribution in [0.4, 0.5) is 4.39 Å². The minimum atomic E-state index is -1.67. The van der Waals surface area contributed by atoms with Crippen molar-refractivity contribution in [3.63, 3.8) is 0 Å². The number of benzene rings is 1. The van der Waals surface area contributed by atoms with E-state index in [-0.39, 0.29) is 5.56 Å². The monoisotopic (exact) mass is 168 g/mol. The average molecular weight is 168 g/mol. The van der Waals surface area contributed by atoms with Crippen LogP contribution in [0.3, 0.4) is 0 Å². The molecule has 0 aliphatic rings. The minimum Gasteiger partial charge on any atom is -0.378 e. The van der Waals surface area contributed by atoms with Crippen LogP contribution in [0.25, 0.3) is 0 Å². The van der Waals surface area contributed by atoms with E-state index in [1.807, 2.05) is 0 Å². The molecule has 0 aliphatic heterocycles. The van der Waals surface area contributed by atoms with Crippen molar-refractivity contribution < 1.29 is 14.3 Å². The summed E-state index contributed by atoms with van der Waals surface area (Å²) in [5, 5.41) is 9.00. The lowest BCUT2D eigenvalue weighted by Gasteiger charge is -2.05. The summed E-state index contributed by atoms with van der Waals surface area (Å²) in [5.74, 6) is -1.88. The number of carbonyl (C=O) groups excluding carboxylic acids is 1. The summed E-state index contributed by atoms with van der Waals surface area (Å²) in [7, 11) is 0. The van der Waals surface area contributed by atoms with Gasteiger partial charge in [0, 0.05) is 5.56 Å². The first kappa shape index (κ1) is 8.67. The number of aliphatic hydroxyl groups is 1. The zero-order valence-corrected chi connectivity index (χ0v) is 6.12. The van der Waals surface area contributed by atoms with Crippen molar-refractivity contribution in [3.8, 4) is 0 Å². The summed E-state index contributed by atoms with van der Waals surface area (Å²) in [6.45, 7) is 0. The molecule has 0 heterocycles. The zero-order valence-electron chi connectivity index (χ0n) is 6.12. The lowest BCUT2D eigenvalue weighted by Crippen LogP contribution is -2.13. The van der Waals surface area contributed by atoms with Gasteiger partial charge in [-0.1, -0.05) is 18.2 Å². The Morgan fingerprint density at radius 3 is 2.58 bits per heavy atom. The van der Waals surface area contributed by atoms with Gasteiger partial charge in [-0.05, 0) is 6.07 Å². The molecule has 0 saturated carbocycles. The molecule has 0 fully saturated rings. The number of halogens is 1. The number of carbonyl (C=O) groups is 1. The number of rotatable bonds is 2. The maximum atomic E-state index is 12.8. The van der Waals surface area contributed by atoms with E-state index in [1.165, 1.54) is 18.2 Å². The highest BCUT2D eigenvalue weighted by Gasteiger charge is 2.17. The zero-order chi connectivity index (χ0) is 9.14. The highest BCUT2D eigenvalue weighted by Crippen LogP contribution is 2.15. The average Bonchev–Trinajstić information content (AvgIpc) is 2.04. The summed E-state index contributed by atoms with van der Waals surface area (Å²) in [4.78, 5) is 10.3. The lowest BCUT2D eigenvalue weighted by atomic mass is 10.1. The Morgan fingerprint density at radius 1 is 1.50 bits per heavy atom. The van der Waals surface area contributed by atoms with Gasteiger partial charge in [0.15, 0.2) is 6.10 Å². The van der Waals surface area contributed by atoms with Gasteiger partial charge in [-0.3, -0.25) is 10.5 Å². The van der Waals surface area contributed by atoms with E-state index in [0.29, 0.717) is 0 Å². The molecule has 1 aromatic carbocycles. The topological polar surface area (TPSA) is 61.1 Å². The standard InChI is InChI=1S/C8H7FNO2/c9-6-4-2-1-3-5(6)7(11)8(10)12/h1-4,7,10-11H. The molecule has 1 radical (unpaired) electrons. The quantitative estimate of drug-likeness (QED) is 0.705. The summed E-state index contributed by atoms with van der Waals surface area (Å²) >= 11 is 0. The number of aliphatic hydroxyl groups excluding tert-OH is 1. The Labute approximate surface area is 68.6 Å². The first-order chi connectivity index (χ1) is 5.63. The van der Waals surface area contributed by atoms with Crippen molar-refractivity contribution in [3.05, 3.63) is 35.6 Å². The Balaban J connectivity index is 3.02. The van der Waals surface area contributed by atoms with Crippen LogP contribution >= 0.6 is 0 Å². The van der Waals surface area contributed by atoms with Crippen molar-refractivity contribution in [1.29, 1.82) is 0 Å². The SMILES string of the molecule is [NH]C(=O)C(O)c1ccccc1F. The van der Waals surface area contributed by atoms with Crippen LogP contribution < -0.4 is 5.73 Å². The van der Waals surface area contributed by atoms with Gasteiger partial charge in [0.25, 0.3) is 5.91 Å². The van der Waals surface area contributed by atoms with Crippen LogP contribution in [-0.4, -0.2) is 11.0 Å². The second-order valence-corrected chi connectivity index (χ2v) is 2.29. The predicted octanol–water partition coefficient (Wildman–Crippen LogP) is 0.669. The molecular weight excluding hydrogens is 161 g/mol. The van der Waals surface area contributed by atoms with Crippen LogP contribution in [0, 0.1) is 5.82 Å². The summed E-state index contributed by atoms with van der Waals surface area (Å²) in [5.41, 5.74) is 6.41. The van der Waals surface area contributed by atoms with Gasteiger partial charge in [-0.25, -0.2) is 4.39 Å². The van der Waals surface area contributed by atoms with Crippen molar-refractivity contribution in [2.75, 3.05) is 0 Å². The Kier molecular flexibility index (Phi) is 2.40. The number of amides is 1. The molecule has 0 spiro atoms. The minimum absolute atomic E-state index is 0.155. The second-order valence-electron chi connectivity index (χ2n) is 2.29. The molecule has 0 bridgehead atoms.